The highest BCUT2D eigenvalue weighted by Gasteiger charge is 2.01. The van der Waals surface area contributed by atoms with E-state index in [1.807, 2.05) is 30.3 Å². The van der Waals surface area contributed by atoms with Crippen LogP contribution in [0.3, 0.4) is 0 Å². The Morgan fingerprint density at radius 2 is 2.00 bits per heavy atom. The molecule has 0 aliphatic heterocycles. The van der Waals surface area contributed by atoms with Crippen molar-refractivity contribution >= 4 is 5.71 Å². The Bertz CT molecular complexity index is 270. The first-order valence-corrected chi connectivity index (χ1v) is 4.35. The summed E-state index contributed by atoms with van der Waals surface area (Å²) in [6, 6.07) is 9.62. The lowest BCUT2D eigenvalue weighted by molar-refractivity contribution is 0.318. The summed E-state index contributed by atoms with van der Waals surface area (Å²) in [6.07, 6.45) is 1.56. The van der Waals surface area contributed by atoms with E-state index in [1.54, 1.807) is 0 Å². The molecule has 1 aromatic rings. The van der Waals surface area contributed by atoms with Gasteiger partial charge in [0.1, 0.15) is 0 Å². The average molecular weight is 178 g/mol. The second-order valence-corrected chi connectivity index (χ2v) is 2.80. The van der Waals surface area contributed by atoms with Crippen LogP contribution in [0, 0.1) is 0 Å². The summed E-state index contributed by atoms with van der Waals surface area (Å²) in [5.74, 6) is 0. The summed E-state index contributed by atoms with van der Waals surface area (Å²) in [6.45, 7) is 0.617. The van der Waals surface area contributed by atoms with E-state index in [2.05, 4.69) is 5.16 Å². The zero-order valence-corrected chi connectivity index (χ0v) is 7.48. The second-order valence-electron chi connectivity index (χ2n) is 2.80. The third-order valence-corrected chi connectivity index (χ3v) is 1.85. The monoisotopic (exact) mass is 178 g/mol. The lowest BCUT2D eigenvalue weighted by atomic mass is 10.1. The van der Waals surface area contributed by atoms with Crippen molar-refractivity contribution in [1.82, 2.24) is 0 Å². The van der Waals surface area contributed by atoms with E-state index in [0.717, 1.165) is 18.4 Å². The Hall–Kier alpha value is -1.35. The van der Waals surface area contributed by atoms with Gasteiger partial charge in [-0.25, -0.2) is 0 Å². The smallest absolute Gasteiger partial charge is 0.0868 e. The molecule has 0 heterocycles. The van der Waals surface area contributed by atoms with E-state index in [0.29, 0.717) is 12.3 Å². The van der Waals surface area contributed by atoms with Gasteiger partial charge in [0.05, 0.1) is 5.71 Å². The van der Waals surface area contributed by atoms with E-state index in [1.165, 1.54) is 0 Å². The standard InChI is InChI=1S/C10H14N2O/c11-8-4-7-10(12-13)9-5-2-1-3-6-9/h1-3,5-6,13H,4,7-8,11H2/b12-10+. The molecule has 0 fully saturated rings. The van der Waals surface area contributed by atoms with Crippen LogP contribution in [0.5, 0.6) is 0 Å². The lowest BCUT2D eigenvalue weighted by Gasteiger charge is -2.02. The molecule has 70 valence electrons. The summed E-state index contributed by atoms with van der Waals surface area (Å²) >= 11 is 0. The van der Waals surface area contributed by atoms with Crippen molar-refractivity contribution in [1.29, 1.82) is 0 Å². The molecule has 0 unspecified atom stereocenters. The highest BCUT2D eigenvalue weighted by Crippen LogP contribution is 2.05. The number of hydrogen-bond acceptors (Lipinski definition) is 3. The molecule has 0 amide bonds. The summed E-state index contributed by atoms with van der Waals surface area (Å²) in [5, 5.41) is 12.0. The molecular formula is C10H14N2O. The molecule has 3 heteroatoms. The van der Waals surface area contributed by atoms with Gasteiger partial charge >= 0.3 is 0 Å². The van der Waals surface area contributed by atoms with Crippen LogP contribution >= 0.6 is 0 Å². The van der Waals surface area contributed by atoms with E-state index in [4.69, 9.17) is 10.9 Å². The van der Waals surface area contributed by atoms with Crippen molar-refractivity contribution < 1.29 is 5.21 Å². The molecule has 3 N–H and O–H groups in total. The third-order valence-electron chi connectivity index (χ3n) is 1.85. The third kappa shape index (κ3) is 2.87. The minimum atomic E-state index is 0.617. The maximum Gasteiger partial charge on any atom is 0.0868 e. The second kappa shape index (κ2) is 5.32. The summed E-state index contributed by atoms with van der Waals surface area (Å²) in [7, 11) is 0. The van der Waals surface area contributed by atoms with Crippen molar-refractivity contribution in [3.8, 4) is 0 Å². The van der Waals surface area contributed by atoms with Gasteiger partial charge in [-0.15, -0.1) is 0 Å². The van der Waals surface area contributed by atoms with Crippen LogP contribution in [0.25, 0.3) is 0 Å². The topological polar surface area (TPSA) is 58.6 Å². The van der Waals surface area contributed by atoms with Gasteiger partial charge in [0.15, 0.2) is 0 Å². The summed E-state index contributed by atoms with van der Waals surface area (Å²) < 4.78 is 0. The van der Waals surface area contributed by atoms with E-state index in [-0.39, 0.29) is 0 Å². The van der Waals surface area contributed by atoms with Crippen LogP contribution in [0.2, 0.25) is 0 Å². The van der Waals surface area contributed by atoms with Crippen LogP contribution in [0.1, 0.15) is 18.4 Å². The van der Waals surface area contributed by atoms with Crippen molar-refractivity contribution in [3.63, 3.8) is 0 Å². The molecule has 0 saturated carbocycles. The maximum absolute atomic E-state index is 8.75. The van der Waals surface area contributed by atoms with Gasteiger partial charge in [0.25, 0.3) is 0 Å². The van der Waals surface area contributed by atoms with E-state index < -0.39 is 0 Å². The van der Waals surface area contributed by atoms with Crippen LogP contribution < -0.4 is 5.73 Å². The number of nitrogens with two attached hydrogens (primary N) is 1. The number of nitrogens with zero attached hydrogens (tertiary/aromatic N) is 1. The van der Waals surface area contributed by atoms with Crippen LogP contribution in [0.4, 0.5) is 0 Å². The predicted molar refractivity (Wildman–Crippen MR) is 53.1 cm³/mol. The predicted octanol–water partition coefficient (Wildman–Crippen LogP) is 1.60. The van der Waals surface area contributed by atoms with Crippen molar-refractivity contribution in [2.45, 2.75) is 12.8 Å². The molecule has 0 aromatic heterocycles. The SMILES string of the molecule is NCCC/C(=N\O)c1ccccc1. The summed E-state index contributed by atoms with van der Waals surface area (Å²) in [5.41, 5.74) is 7.03. The van der Waals surface area contributed by atoms with Crippen molar-refractivity contribution in [3.05, 3.63) is 35.9 Å². The zero-order valence-electron chi connectivity index (χ0n) is 7.48. The Kier molecular flexibility index (Phi) is 3.99. The molecular weight excluding hydrogens is 164 g/mol. The molecule has 1 rings (SSSR count). The van der Waals surface area contributed by atoms with Crippen molar-refractivity contribution in [2.24, 2.45) is 10.9 Å². The molecule has 0 radical (unpaired) electrons. The molecule has 0 atom stereocenters. The fourth-order valence-corrected chi connectivity index (χ4v) is 1.15. The van der Waals surface area contributed by atoms with Gasteiger partial charge in [0.2, 0.25) is 0 Å². The maximum atomic E-state index is 8.75. The van der Waals surface area contributed by atoms with Crippen LogP contribution in [-0.4, -0.2) is 17.5 Å². The first kappa shape index (κ1) is 9.74. The Morgan fingerprint density at radius 3 is 2.54 bits per heavy atom. The van der Waals surface area contributed by atoms with Gasteiger partial charge in [0, 0.05) is 0 Å². The normalized spacial score (nSPS) is 11.6. The van der Waals surface area contributed by atoms with Gasteiger partial charge in [-0.3, -0.25) is 0 Å². The molecule has 0 saturated heterocycles. The number of rotatable bonds is 4. The molecule has 0 aliphatic rings. The molecule has 3 nitrogen and oxygen atoms in total. The number of hydrogen-bond donors (Lipinski definition) is 2. The largest absolute Gasteiger partial charge is 0.411 e. The zero-order chi connectivity index (χ0) is 9.52. The molecule has 0 aliphatic carbocycles. The van der Waals surface area contributed by atoms with Crippen molar-refractivity contribution in [2.75, 3.05) is 6.54 Å². The highest BCUT2D eigenvalue weighted by molar-refractivity contribution is 6.00. The van der Waals surface area contributed by atoms with E-state index in [9.17, 15) is 0 Å². The number of benzene rings is 1. The van der Waals surface area contributed by atoms with Crippen LogP contribution in [-0.2, 0) is 0 Å². The minimum absolute atomic E-state index is 0.617. The molecule has 13 heavy (non-hydrogen) atoms. The Balaban J connectivity index is 2.69. The summed E-state index contributed by atoms with van der Waals surface area (Å²) in [4.78, 5) is 0. The van der Waals surface area contributed by atoms with E-state index >= 15 is 0 Å². The molecule has 0 bridgehead atoms. The fraction of sp³-hybridized carbons (Fsp3) is 0.300. The molecule has 1 aromatic carbocycles. The van der Waals surface area contributed by atoms with Gasteiger partial charge in [-0.05, 0) is 24.9 Å². The van der Waals surface area contributed by atoms with Gasteiger partial charge in [-0.1, -0.05) is 35.5 Å². The highest BCUT2D eigenvalue weighted by atomic mass is 16.4. The minimum Gasteiger partial charge on any atom is -0.411 e. The first-order valence-electron chi connectivity index (χ1n) is 4.35. The van der Waals surface area contributed by atoms with Gasteiger partial charge in [-0.2, -0.15) is 0 Å². The molecule has 0 spiro atoms. The Morgan fingerprint density at radius 1 is 1.31 bits per heavy atom. The average Bonchev–Trinajstić information content (AvgIpc) is 2.21. The first-order chi connectivity index (χ1) is 6.38. The fourth-order valence-electron chi connectivity index (χ4n) is 1.15. The number of oxime groups is 1. The van der Waals surface area contributed by atoms with Crippen LogP contribution in [0.15, 0.2) is 35.5 Å². The lowest BCUT2D eigenvalue weighted by Crippen LogP contribution is -2.05. The van der Waals surface area contributed by atoms with Gasteiger partial charge < -0.3 is 10.9 Å². The quantitative estimate of drug-likeness (QED) is 0.418. The Labute approximate surface area is 77.9 Å².